The maximum atomic E-state index is 10.8. The third-order valence-corrected chi connectivity index (χ3v) is 2.01. The van der Waals surface area contributed by atoms with Gasteiger partial charge in [0.15, 0.2) is 0 Å². The molecule has 1 heterocycles. The summed E-state index contributed by atoms with van der Waals surface area (Å²) in [5, 5.41) is 0. The SMILES string of the molecule is C.C.C.C.C.C.C[P@]1(=O)O[CH-]CCO1.[V]. The van der Waals surface area contributed by atoms with Crippen LogP contribution in [0.3, 0.4) is 0 Å². The minimum atomic E-state index is -2.64. The zero-order valence-electron chi connectivity index (χ0n) is 5.11. The zero-order valence-corrected chi connectivity index (χ0v) is 7.40. The standard InChI is InChI=1S/C4H8O3P.6CH4.V/c1-8(5)6-3-2-4-7-8;;;;;;;/h3H,2,4H2,1H3;6*1H4;/q-1;;;;;;;/t8-;;;;;;;/m0......./s1. The van der Waals surface area contributed by atoms with E-state index < -0.39 is 7.60 Å². The molecule has 1 aliphatic rings. The van der Waals surface area contributed by atoms with Crippen molar-refractivity contribution in [2.24, 2.45) is 0 Å². The van der Waals surface area contributed by atoms with Crippen molar-refractivity contribution in [3.05, 3.63) is 6.61 Å². The molecular formula is C10H32O3PV-. The molecule has 1 rings (SSSR count). The van der Waals surface area contributed by atoms with Crippen LogP contribution >= 0.6 is 7.60 Å². The van der Waals surface area contributed by atoms with Crippen molar-refractivity contribution in [3.8, 4) is 0 Å². The molecule has 0 aromatic carbocycles. The minimum absolute atomic E-state index is 0. The van der Waals surface area contributed by atoms with Gasteiger partial charge in [0, 0.05) is 31.8 Å². The van der Waals surface area contributed by atoms with Crippen LogP contribution in [0.1, 0.15) is 51.0 Å². The van der Waals surface area contributed by atoms with E-state index in [1.54, 1.807) is 0 Å². The molecule has 1 fully saturated rings. The molecule has 0 aliphatic carbocycles. The molecule has 1 radical (unpaired) electrons. The first kappa shape index (κ1) is 44.8. The molecule has 0 amide bonds. The molecule has 0 spiro atoms. The van der Waals surface area contributed by atoms with Crippen molar-refractivity contribution in [2.45, 2.75) is 51.0 Å². The van der Waals surface area contributed by atoms with Crippen LogP contribution in [0, 0.1) is 6.61 Å². The largest absolute Gasteiger partial charge is 0.486 e. The fourth-order valence-corrected chi connectivity index (χ4v) is 1.36. The van der Waals surface area contributed by atoms with Gasteiger partial charge >= 0.3 is 0 Å². The first-order valence-corrected chi connectivity index (χ1v) is 4.42. The topological polar surface area (TPSA) is 35.5 Å². The molecule has 1 atom stereocenters. The van der Waals surface area contributed by atoms with Gasteiger partial charge in [-0.2, -0.15) is 6.61 Å². The molecule has 0 unspecified atom stereocenters. The predicted octanol–water partition coefficient (Wildman–Crippen LogP) is 5.22. The average molecular weight is 282 g/mol. The van der Waals surface area contributed by atoms with Crippen LogP contribution in [0.2, 0.25) is 0 Å². The molecule has 101 valence electrons. The Morgan fingerprint density at radius 1 is 1.07 bits per heavy atom. The Kier molecular flexibility index (Phi) is 60.3. The fourth-order valence-electron chi connectivity index (χ4n) is 0.485. The van der Waals surface area contributed by atoms with Gasteiger partial charge in [0.2, 0.25) is 0 Å². The van der Waals surface area contributed by atoms with Gasteiger partial charge in [-0.3, -0.25) is 4.57 Å². The maximum Gasteiger partial charge on any atom is 0.297 e. The van der Waals surface area contributed by atoms with Crippen molar-refractivity contribution < 1.29 is 32.2 Å². The summed E-state index contributed by atoms with van der Waals surface area (Å²) in [6, 6.07) is 0. The van der Waals surface area contributed by atoms with Crippen LogP contribution in [0.4, 0.5) is 0 Å². The maximum absolute atomic E-state index is 10.8. The van der Waals surface area contributed by atoms with Gasteiger partial charge in [0.1, 0.15) is 0 Å². The molecule has 0 N–H and O–H groups in total. The fraction of sp³-hybridized carbons (Fsp3) is 0.900. The summed E-state index contributed by atoms with van der Waals surface area (Å²) >= 11 is 0. The molecule has 3 nitrogen and oxygen atoms in total. The zero-order chi connectivity index (χ0) is 6.04. The quantitative estimate of drug-likeness (QED) is 0.451. The van der Waals surface area contributed by atoms with E-state index in [0.717, 1.165) is 6.42 Å². The Balaban J connectivity index is -0.0000000183. The van der Waals surface area contributed by atoms with Gasteiger partial charge in [-0.15, -0.1) is 6.42 Å². The van der Waals surface area contributed by atoms with E-state index in [-0.39, 0.29) is 63.1 Å². The van der Waals surface area contributed by atoms with Crippen molar-refractivity contribution >= 4 is 7.60 Å². The first-order valence-electron chi connectivity index (χ1n) is 2.43. The van der Waals surface area contributed by atoms with Gasteiger partial charge in [0.05, 0.1) is 0 Å². The average Bonchev–Trinajstić information content (AvgIpc) is 1.65. The molecule has 1 saturated heterocycles. The van der Waals surface area contributed by atoms with Crippen molar-refractivity contribution in [1.29, 1.82) is 0 Å². The van der Waals surface area contributed by atoms with Crippen LogP contribution in [-0.2, 0) is 32.2 Å². The van der Waals surface area contributed by atoms with E-state index >= 15 is 0 Å². The number of hydrogen-bond acceptors (Lipinski definition) is 3. The Labute approximate surface area is 111 Å². The Bertz CT molecular complexity index is 122. The van der Waals surface area contributed by atoms with E-state index in [1.165, 1.54) is 13.3 Å². The third-order valence-electron chi connectivity index (χ3n) is 0.828. The summed E-state index contributed by atoms with van der Waals surface area (Å²) in [4.78, 5) is 0. The molecule has 0 aromatic heterocycles. The molecule has 0 saturated carbocycles. The van der Waals surface area contributed by atoms with Gasteiger partial charge in [-0.05, 0) is 0 Å². The Morgan fingerprint density at radius 2 is 1.47 bits per heavy atom. The molecule has 1 aliphatic heterocycles. The second-order valence-corrected chi connectivity index (χ2v) is 3.68. The number of rotatable bonds is 0. The summed E-state index contributed by atoms with van der Waals surface area (Å²) in [6.45, 7) is 3.51. The minimum Gasteiger partial charge on any atom is -0.486 e. The Hall–Kier alpha value is 0.734. The van der Waals surface area contributed by atoms with E-state index in [9.17, 15) is 4.57 Å². The van der Waals surface area contributed by atoms with Crippen LogP contribution in [0.5, 0.6) is 0 Å². The summed E-state index contributed by atoms with van der Waals surface area (Å²) in [7, 11) is -2.64. The number of hydrogen-bond donors (Lipinski definition) is 0. The van der Waals surface area contributed by atoms with Crippen LogP contribution < -0.4 is 0 Å². The van der Waals surface area contributed by atoms with Crippen LogP contribution in [-0.4, -0.2) is 13.3 Å². The van der Waals surface area contributed by atoms with E-state index in [4.69, 9.17) is 4.52 Å². The first-order chi connectivity index (χ1) is 3.71. The van der Waals surface area contributed by atoms with Crippen LogP contribution in [0.25, 0.3) is 0 Å². The summed E-state index contributed by atoms with van der Waals surface area (Å²) < 4.78 is 20.2. The van der Waals surface area contributed by atoms with Gasteiger partial charge in [-0.1, -0.05) is 44.6 Å². The predicted molar refractivity (Wildman–Crippen MR) is 69.9 cm³/mol. The van der Waals surface area contributed by atoms with E-state index in [1.807, 2.05) is 0 Å². The second kappa shape index (κ2) is 20.2. The van der Waals surface area contributed by atoms with Crippen molar-refractivity contribution in [1.82, 2.24) is 0 Å². The van der Waals surface area contributed by atoms with Gasteiger partial charge < -0.3 is 9.05 Å². The normalized spacial score (nSPS) is 21.1. The van der Waals surface area contributed by atoms with Gasteiger partial charge in [-0.25, -0.2) is 0 Å². The third kappa shape index (κ3) is 20.7. The molecule has 5 heteroatoms. The van der Waals surface area contributed by atoms with Crippen LogP contribution in [0.15, 0.2) is 0 Å². The monoisotopic (exact) mass is 282 g/mol. The van der Waals surface area contributed by atoms with E-state index in [2.05, 4.69) is 4.52 Å². The van der Waals surface area contributed by atoms with Gasteiger partial charge in [0.25, 0.3) is 7.60 Å². The Morgan fingerprint density at radius 3 is 1.60 bits per heavy atom. The molecule has 0 bridgehead atoms. The van der Waals surface area contributed by atoms with Crippen molar-refractivity contribution in [3.63, 3.8) is 0 Å². The van der Waals surface area contributed by atoms with E-state index in [0.29, 0.717) is 6.61 Å². The summed E-state index contributed by atoms with van der Waals surface area (Å²) in [6.07, 6.45) is 0.734. The second-order valence-electron chi connectivity index (χ2n) is 1.67. The summed E-state index contributed by atoms with van der Waals surface area (Å²) in [5.41, 5.74) is 0. The molecular weight excluding hydrogens is 250 g/mol. The molecule has 15 heavy (non-hydrogen) atoms. The van der Waals surface area contributed by atoms with Crippen molar-refractivity contribution in [2.75, 3.05) is 13.3 Å². The smallest absolute Gasteiger partial charge is 0.297 e. The molecule has 0 aromatic rings. The summed E-state index contributed by atoms with van der Waals surface area (Å²) in [5.74, 6) is 0.